The molecule has 1 N–H and O–H groups in total. The first-order valence-electron chi connectivity index (χ1n) is 7.18. The SMILES string of the molecule is CCCCCCCN1C=CC=CC1.CCOS(=O)(=O)O. The van der Waals surface area contributed by atoms with Crippen molar-refractivity contribution in [3.05, 3.63) is 24.4 Å². The molecule has 20 heavy (non-hydrogen) atoms. The van der Waals surface area contributed by atoms with Crippen LogP contribution < -0.4 is 0 Å². The van der Waals surface area contributed by atoms with Crippen LogP contribution in [-0.4, -0.2) is 37.6 Å². The summed E-state index contributed by atoms with van der Waals surface area (Å²) in [5, 5.41) is 0. The average Bonchev–Trinajstić information content (AvgIpc) is 2.39. The van der Waals surface area contributed by atoms with E-state index in [0.717, 1.165) is 6.54 Å². The third-order valence-electron chi connectivity index (χ3n) is 2.70. The molecule has 0 spiro atoms. The normalized spacial score (nSPS) is 14.1. The molecule has 0 fully saturated rings. The molecule has 0 aromatic heterocycles. The first-order valence-corrected chi connectivity index (χ1v) is 8.55. The van der Waals surface area contributed by atoms with Crippen LogP contribution in [0.2, 0.25) is 0 Å². The van der Waals surface area contributed by atoms with Crippen molar-refractivity contribution in [2.75, 3.05) is 19.7 Å². The molecule has 118 valence electrons. The second-order valence-corrected chi connectivity index (χ2v) is 5.60. The van der Waals surface area contributed by atoms with Crippen LogP contribution in [0.1, 0.15) is 46.0 Å². The smallest absolute Gasteiger partial charge is 0.374 e. The topological polar surface area (TPSA) is 66.8 Å². The lowest BCUT2D eigenvalue weighted by molar-refractivity contribution is 0.283. The number of rotatable bonds is 8. The maximum absolute atomic E-state index is 9.56. The van der Waals surface area contributed by atoms with Gasteiger partial charge in [0, 0.05) is 13.1 Å². The Balaban J connectivity index is 0.000000441. The van der Waals surface area contributed by atoms with Gasteiger partial charge in [-0.15, -0.1) is 0 Å². The number of hydrogen-bond acceptors (Lipinski definition) is 4. The van der Waals surface area contributed by atoms with Crippen LogP contribution in [-0.2, 0) is 14.6 Å². The molecule has 0 aromatic carbocycles. The Morgan fingerprint density at radius 1 is 1.15 bits per heavy atom. The summed E-state index contributed by atoms with van der Waals surface area (Å²) in [6.07, 6.45) is 15.5. The predicted molar refractivity (Wildman–Crippen MR) is 81.8 cm³/mol. The molecular weight excluding hydrogens is 278 g/mol. The van der Waals surface area contributed by atoms with E-state index in [1.807, 2.05) is 0 Å². The van der Waals surface area contributed by atoms with E-state index in [2.05, 4.69) is 40.4 Å². The van der Waals surface area contributed by atoms with Gasteiger partial charge in [-0.25, -0.2) is 4.18 Å². The van der Waals surface area contributed by atoms with Gasteiger partial charge in [0.1, 0.15) is 0 Å². The molecule has 0 amide bonds. The number of unbranched alkanes of at least 4 members (excludes halogenated alkanes) is 4. The quantitative estimate of drug-likeness (QED) is 0.551. The van der Waals surface area contributed by atoms with E-state index in [4.69, 9.17) is 4.55 Å². The van der Waals surface area contributed by atoms with Crippen LogP contribution in [0, 0.1) is 0 Å². The summed E-state index contributed by atoms with van der Waals surface area (Å²) in [5.74, 6) is 0. The minimum atomic E-state index is -4.17. The third kappa shape index (κ3) is 13.6. The summed E-state index contributed by atoms with van der Waals surface area (Å²) in [7, 11) is -4.17. The van der Waals surface area contributed by atoms with E-state index in [0.29, 0.717) is 0 Å². The van der Waals surface area contributed by atoms with Crippen molar-refractivity contribution in [1.82, 2.24) is 4.90 Å². The van der Waals surface area contributed by atoms with E-state index < -0.39 is 10.4 Å². The highest BCUT2D eigenvalue weighted by Gasteiger charge is 1.98. The van der Waals surface area contributed by atoms with Crippen molar-refractivity contribution in [3.8, 4) is 0 Å². The van der Waals surface area contributed by atoms with E-state index >= 15 is 0 Å². The molecule has 6 heteroatoms. The zero-order valence-electron chi connectivity index (χ0n) is 12.5. The van der Waals surface area contributed by atoms with Gasteiger partial charge in [-0.3, -0.25) is 4.55 Å². The molecule has 5 nitrogen and oxygen atoms in total. The summed E-state index contributed by atoms with van der Waals surface area (Å²) in [4.78, 5) is 2.38. The average molecular weight is 305 g/mol. The Morgan fingerprint density at radius 2 is 1.85 bits per heavy atom. The van der Waals surface area contributed by atoms with Crippen molar-refractivity contribution < 1.29 is 17.2 Å². The predicted octanol–water partition coefficient (Wildman–Crippen LogP) is 3.17. The van der Waals surface area contributed by atoms with Gasteiger partial charge in [0.05, 0.1) is 6.61 Å². The van der Waals surface area contributed by atoms with Gasteiger partial charge in [0.25, 0.3) is 0 Å². The first kappa shape index (κ1) is 19.1. The third-order valence-corrected chi connectivity index (χ3v) is 3.23. The van der Waals surface area contributed by atoms with Gasteiger partial charge < -0.3 is 4.90 Å². The lowest BCUT2D eigenvalue weighted by Gasteiger charge is -2.20. The van der Waals surface area contributed by atoms with Gasteiger partial charge in [0.15, 0.2) is 0 Å². The fourth-order valence-corrected chi connectivity index (χ4v) is 2.04. The lowest BCUT2D eigenvalue weighted by Crippen LogP contribution is -2.19. The largest absolute Gasteiger partial charge is 0.397 e. The maximum atomic E-state index is 9.56. The van der Waals surface area contributed by atoms with Crippen molar-refractivity contribution >= 4 is 10.4 Å². The fraction of sp³-hybridized carbons (Fsp3) is 0.714. The molecule has 0 atom stereocenters. The van der Waals surface area contributed by atoms with E-state index in [1.54, 1.807) is 0 Å². The second-order valence-electron chi connectivity index (χ2n) is 4.51. The number of nitrogens with zero attached hydrogens (tertiary/aromatic N) is 1. The number of allylic oxidation sites excluding steroid dienone is 2. The van der Waals surface area contributed by atoms with Crippen molar-refractivity contribution in [2.24, 2.45) is 0 Å². The lowest BCUT2D eigenvalue weighted by atomic mass is 10.1. The molecule has 1 aliphatic heterocycles. The Bertz CT molecular complexity index is 377. The standard InChI is InChI=1S/C12H21N.C2H6O4S/c1-2-3-4-5-7-10-13-11-8-6-9-12-13;1-2-6-7(3,4)5/h6,8-9,11H,2-5,7,10,12H2,1H3;2H2,1H3,(H,3,4,5). The monoisotopic (exact) mass is 305 g/mol. The Hall–Kier alpha value is -0.850. The van der Waals surface area contributed by atoms with Crippen molar-refractivity contribution in [1.29, 1.82) is 0 Å². The molecule has 0 aromatic rings. The molecular formula is C14H27NO4S. The summed E-state index contributed by atoms with van der Waals surface area (Å²) in [5.41, 5.74) is 0. The molecule has 0 aliphatic carbocycles. The van der Waals surface area contributed by atoms with Crippen LogP contribution >= 0.6 is 0 Å². The van der Waals surface area contributed by atoms with E-state index in [-0.39, 0.29) is 6.61 Å². The molecule has 0 unspecified atom stereocenters. The van der Waals surface area contributed by atoms with Gasteiger partial charge in [0.2, 0.25) is 0 Å². The Morgan fingerprint density at radius 3 is 2.30 bits per heavy atom. The molecule has 0 radical (unpaired) electrons. The van der Waals surface area contributed by atoms with E-state index in [1.165, 1.54) is 45.6 Å². The minimum absolute atomic E-state index is 0.0289. The summed E-state index contributed by atoms with van der Waals surface area (Å²) in [6, 6.07) is 0. The van der Waals surface area contributed by atoms with Crippen LogP contribution in [0.25, 0.3) is 0 Å². The molecule has 1 heterocycles. The van der Waals surface area contributed by atoms with Crippen LogP contribution in [0.3, 0.4) is 0 Å². The summed E-state index contributed by atoms with van der Waals surface area (Å²) < 4.78 is 30.7. The fourth-order valence-electron chi connectivity index (χ4n) is 1.74. The van der Waals surface area contributed by atoms with Gasteiger partial charge in [-0.2, -0.15) is 8.42 Å². The van der Waals surface area contributed by atoms with E-state index in [9.17, 15) is 8.42 Å². The zero-order valence-corrected chi connectivity index (χ0v) is 13.3. The molecule has 1 rings (SSSR count). The second kappa shape index (κ2) is 11.9. The van der Waals surface area contributed by atoms with Crippen LogP contribution in [0.15, 0.2) is 24.4 Å². The highest BCUT2D eigenvalue weighted by molar-refractivity contribution is 7.80. The Labute approximate surface area is 123 Å². The summed E-state index contributed by atoms with van der Waals surface area (Å²) >= 11 is 0. The summed E-state index contributed by atoms with van der Waals surface area (Å²) in [6.45, 7) is 6.03. The Kier molecular flexibility index (Phi) is 11.4. The molecule has 0 saturated heterocycles. The molecule has 0 bridgehead atoms. The van der Waals surface area contributed by atoms with Crippen molar-refractivity contribution in [3.63, 3.8) is 0 Å². The molecule has 1 aliphatic rings. The van der Waals surface area contributed by atoms with Gasteiger partial charge in [-0.05, 0) is 25.6 Å². The zero-order chi connectivity index (χ0) is 15.3. The first-order chi connectivity index (χ1) is 9.49. The highest BCUT2D eigenvalue weighted by Crippen LogP contribution is 2.05. The highest BCUT2D eigenvalue weighted by atomic mass is 32.3. The minimum Gasteiger partial charge on any atom is -0.374 e. The van der Waals surface area contributed by atoms with Crippen LogP contribution in [0.4, 0.5) is 0 Å². The van der Waals surface area contributed by atoms with Crippen molar-refractivity contribution in [2.45, 2.75) is 46.0 Å². The number of hydrogen-bond donors (Lipinski definition) is 1. The molecule has 0 saturated carbocycles. The maximum Gasteiger partial charge on any atom is 0.397 e. The van der Waals surface area contributed by atoms with Gasteiger partial charge >= 0.3 is 10.4 Å². The van der Waals surface area contributed by atoms with Gasteiger partial charge in [-0.1, -0.05) is 44.8 Å². The van der Waals surface area contributed by atoms with Crippen LogP contribution in [0.5, 0.6) is 0 Å².